The van der Waals surface area contributed by atoms with Crippen LogP contribution in [0.4, 0.5) is 11.5 Å². The molecule has 0 aliphatic rings. The molecule has 1 rings (SSSR count). The normalized spacial score (nSPS) is 11.4. The minimum absolute atomic E-state index is 0.135. The van der Waals surface area contributed by atoms with Gasteiger partial charge < -0.3 is 10.4 Å². The number of carbonyl (C=O) groups is 1. The van der Waals surface area contributed by atoms with E-state index in [1.807, 2.05) is 6.92 Å². The molecule has 0 radical (unpaired) electrons. The zero-order valence-electron chi connectivity index (χ0n) is 10.9. The summed E-state index contributed by atoms with van der Waals surface area (Å²) in [6.07, 6.45) is 1.98. The third-order valence-electron chi connectivity index (χ3n) is 2.64. The molecule has 0 bridgehead atoms. The lowest BCUT2D eigenvalue weighted by Gasteiger charge is -2.14. The molecule has 8 nitrogen and oxygen atoms in total. The lowest BCUT2D eigenvalue weighted by molar-refractivity contribution is -0.385. The van der Waals surface area contributed by atoms with Gasteiger partial charge in [-0.25, -0.2) is 9.78 Å². The van der Waals surface area contributed by atoms with Gasteiger partial charge in [0.05, 0.1) is 4.92 Å². The molecule has 0 aliphatic carbocycles. The van der Waals surface area contributed by atoms with Gasteiger partial charge in [-0.2, -0.15) is 5.26 Å². The summed E-state index contributed by atoms with van der Waals surface area (Å²) in [6.45, 7) is 1.94. The van der Waals surface area contributed by atoms with Gasteiger partial charge in [-0.15, -0.1) is 0 Å². The number of nitrogens with one attached hydrogen (secondary N) is 1. The highest BCUT2D eigenvalue weighted by molar-refractivity contribution is 5.76. The number of anilines is 1. The Balaban J connectivity index is 2.94. The van der Waals surface area contributed by atoms with Crippen molar-refractivity contribution in [2.24, 2.45) is 0 Å². The number of carboxylic acid groups (broad SMARTS) is 1. The van der Waals surface area contributed by atoms with Gasteiger partial charge in [-0.3, -0.25) is 10.1 Å². The Bertz CT molecular complexity index is 553. The molecule has 1 unspecified atom stereocenters. The van der Waals surface area contributed by atoms with Crippen molar-refractivity contribution in [2.75, 3.05) is 5.32 Å². The molecule has 2 N–H and O–H groups in total. The Hall–Kier alpha value is -2.69. The first-order valence-electron chi connectivity index (χ1n) is 6.04. The second-order valence-corrected chi connectivity index (χ2v) is 4.11. The van der Waals surface area contributed by atoms with Crippen molar-refractivity contribution in [3.8, 4) is 6.07 Å². The number of hydrogen-bond acceptors (Lipinski definition) is 6. The van der Waals surface area contributed by atoms with E-state index in [-0.39, 0.29) is 11.5 Å². The van der Waals surface area contributed by atoms with Crippen molar-refractivity contribution >= 4 is 17.5 Å². The first-order chi connectivity index (χ1) is 9.49. The Morgan fingerprint density at radius 2 is 2.35 bits per heavy atom. The van der Waals surface area contributed by atoms with Gasteiger partial charge in [0.1, 0.15) is 17.9 Å². The van der Waals surface area contributed by atoms with E-state index in [2.05, 4.69) is 10.3 Å². The summed E-state index contributed by atoms with van der Waals surface area (Å²) in [6, 6.07) is 3.21. The maximum atomic E-state index is 11.1. The first-order valence-corrected chi connectivity index (χ1v) is 6.04. The molecule has 0 spiro atoms. The fourth-order valence-electron chi connectivity index (χ4n) is 1.61. The third-order valence-corrected chi connectivity index (χ3v) is 2.64. The molecule has 8 heteroatoms. The summed E-state index contributed by atoms with van der Waals surface area (Å²) in [5, 5.41) is 31.2. The van der Waals surface area contributed by atoms with E-state index in [1.54, 1.807) is 6.07 Å². The first kappa shape index (κ1) is 15.4. The number of aliphatic carboxylic acids is 1. The molecule has 1 atom stereocenters. The van der Waals surface area contributed by atoms with Crippen LogP contribution in [0.3, 0.4) is 0 Å². The Kier molecular flexibility index (Phi) is 5.41. The topological polar surface area (TPSA) is 129 Å². The van der Waals surface area contributed by atoms with Crippen LogP contribution in [-0.4, -0.2) is 27.0 Å². The van der Waals surface area contributed by atoms with Crippen molar-refractivity contribution < 1.29 is 14.8 Å². The molecule has 1 heterocycles. The van der Waals surface area contributed by atoms with Gasteiger partial charge in [0.25, 0.3) is 0 Å². The lowest BCUT2D eigenvalue weighted by atomic mass is 10.1. The lowest BCUT2D eigenvalue weighted by Crippen LogP contribution is -2.29. The standard InChI is InChI=1S/C12H14N4O4/c1-2-3-4-8(12(17)18)14-11-6-5-10(16(19)20)9(7-13)15-11/h5-6,8H,2-4H2,1H3,(H,14,15)(H,17,18). The number of carboxylic acids is 1. The predicted octanol–water partition coefficient (Wildman–Crippen LogP) is 1.92. The van der Waals surface area contributed by atoms with Gasteiger partial charge in [-0.05, 0) is 12.5 Å². The molecule has 0 aliphatic heterocycles. The third kappa shape index (κ3) is 3.91. The van der Waals surface area contributed by atoms with E-state index in [0.29, 0.717) is 6.42 Å². The SMILES string of the molecule is CCCCC(Nc1ccc([N+](=O)[O-])c(C#N)n1)C(=O)O. The summed E-state index contributed by atoms with van der Waals surface area (Å²) in [7, 11) is 0. The van der Waals surface area contributed by atoms with Gasteiger partial charge >= 0.3 is 11.7 Å². The van der Waals surface area contributed by atoms with E-state index in [0.717, 1.165) is 18.9 Å². The monoisotopic (exact) mass is 278 g/mol. The van der Waals surface area contributed by atoms with Crippen molar-refractivity contribution in [2.45, 2.75) is 32.2 Å². The Labute approximate surface area is 115 Å². The smallest absolute Gasteiger partial charge is 0.326 e. The van der Waals surface area contributed by atoms with Gasteiger partial charge in [0.15, 0.2) is 0 Å². The highest BCUT2D eigenvalue weighted by atomic mass is 16.6. The van der Waals surface area contributed by atoms with Crippen LogP contribution < -0.4 is 5.32 Å². The van der Waals surface area contributed by atoms with Crippen LogP contribution >= 0.6 is 0 Å². The molecule has 20 heavy (non-hydrogen) atoms. The minimum Gasteiger partial charge on any atom is -0.480 e. The predicted molar refractivity (Wildman–Crippen MR) is 70.2 cm³/mol. The molecular formula is C12H14N4O4. The number of nitro groups is 1. The Morgan fingerprint density at radius 3 is 2.85 bits per heavy atom. The summed E-state index contributed by atoms with van der Waals surface area (Å²) < 4.78 is 0. The number of rotatable bonds is 7. The minimum atomic E-state index is -1.03. The Morgan fingerprint density at radius 1 is 1.65 bits per heavy atom. The zero-order chi connectivity index (χ0) is 15.1. The van der Waals surface area contributed by atoms with Crippen LogP contribution in [0.2, 0.25) is 0 Å². The number of unbranched alkanes of at least 4 members (excludes halogenated alkanes) is 1. The quantitative estimate of drug-likeness (QED) is 0.575. The molecule has 0 fully saturated rings. The number of aromatic nitrogens is 1. The number of hydrogen-bond donors (Lipinski definition) is 2. The fraction of sp³-hybridized carbons (Fsp3) is 0.417. The van der Waals surface area contributed by atoms with E-state index < -0.39 is 22.6 Å². The van der Waals surface area contributed by atoms with E-state index >= 15 is 0 Å². The molecule has 0 saturated carbocycles. The van der Waals surface area contributed by atoms with Gasteiger partial charge in [0, 0.05) is 6.07 Å². The zero-order valence-corrected chi connectivity index (χ0v) is 10.9. The van der Waals surface area contributed by atoms with Crippen molar-refractivity contribution in [3.63, 3.8) is 0 Å². The number of nitrogens with zero attached hydrogens (tertiary/aromatic N) is 3. The van der Waals surface area contributed by atoms with Crippen LogP contribution in [0.25, 0.3) is 0 Å². The van der Waals surface area contributed by atoms with Crippen molar-refractivity contribution in [1.82, 2.24) is 4.98 Å². The summed E-state index contributed by atoms with van der Waals surface area (Å²) in [5.41, 5.74) is -0.752. The average Bonchev–Trinajstić information content (AvgIpc) is 2.42. The largest absolute Gasteiger partial charge is 0.480 e. The molecule has 1 aromatic heterocycles. The van der Waals surface area contributed by atoms with Crippen LogP contribution in [0, 0.1) is 21.4 Å². The van der Waals surface area contributed by atoms with Crippen LogP contribution in [-0.2, 0) is 4.79 Å². The van der Waals surface area contributed by atoms with Crippen molar-refractivity contribution in [3.05, 3.63) is 27.9 Å². The summed E-state index contributed by atoms with van der Waals surface area (Å²) in [4.78, 5) is 24.8. The maximum absolute atomic E-state index is 11.1. The molecule has 0 saturated heterocycles. The molecule has 106 valence electrons. The fourth-order valence-corrected chi connectivity index (χ4v) is 1.61. The number of pyridine rings is 1. The maximum Gasteiger partial charge on any atom is 0.326 e. The van der Waals surface area contributed by atoms with E-state index in [4.69, 9.17) is 10.4 Å². The van der Waals surface area contributed by atoms with E-state index in [9.17, 15) is 14.9 Å². The van der Waals surface area contributed by atoms with Crippen LogP contribution in [0.1, 0.15) is 31.9 Å². The van der Waals surface area contributed by atoms with Gasteiger partial charge in [0.2, 0.25) is 5.69 Å². The highest BCUT2D eigenvalue weighted by Gasteiger charge is 2.20. The second-order valence-electron chi connectivity index (χ2n) is 4.11. The van der Waals surface area contributed by atoms with Gasteiger partial charge in [-0.1, -0.05) is 19.8 Å². The summed E-state index contributed by atoms with van der Waals surface area (Å²) in [5.74, 6) is -0.896. The number of nitriles is 1. The average molecular weight is 278 g/mol. The molecule has 0 amide bonds. The van der Waals surface area contributed by atoms with Crippen LogP contribution in [0.15, 0.2) is 12.1 Å². The summed E-state index contributed by atoms with van der Waals surface area (Å²) >= 11 is 0. The van der Waals surface area contributed by atoms with Crippen molar-refractivity contribution in [1.29, 1.82) is 5.26 Å². The highest BCUT2D eigenvalue weighted by Crippen LogP contribution is 2.19. The molecule has 0 aromatic carbocycles. The molecule has 1 aromatic rings. The van der Waals surface area contributed by atoms with Crippen LogP contribution in [0.5, 0.6) is 0 Å². The second kappa shape index (κ2) is 7.04. The van der Waals surface area contributed by atoms with E-state index in [1.165, 1.54) is 6.07 Å². The molecular weight excluding hydrogens is 264 g/mol.